The van der Waals surface area contributed by atoms with E-state index in [1.165, 1.54) is 18.9 Å². The van der Waals surface area contributed by atoms with Crippen LogP contribution in [-0.2, 0) is 6.42 Å². The summed E-state index contributed by atoms with van der Waals surface area (Å²) in [4.78, 5) is 0. The maximum Gasteiger partial charge on any atom is 0.123 e. The van der Waals surface area contributed by atoms with Gasteiger partial charge in [0.1, 0.15) is 5.82 Å². The fourth-order valence-corrected chi connectivity index (χ4v) is 1.80. The van der Waals surface area contributed by atoms with Crippen molar-refractivity contribution in [3.63, 3.8) is 0 Å². The molecule has 1 aliphatic carbocycles. The number of benzene rings is 1. The topological polar surface area (TPSA) is 26.0 Å². The molecule has 1 atom stereocenters. The van der Waals surface area contributed by atoms with Crippen LogP contribution in [0.4, 0.5) is 4.39 Å². The summed E-state index contributed by atoms with van der Waals surface area (Å²) in [7, 11) is 0. The highest BCUT2D eigenvalue weighted by atomic mass is 19.1. The number of hydrogen-bond donors (Lipinski definition) is 1. The zero-order valence-electron chi connectivity index (χ0n) is 8.46. The third kappa shape index (κ3) is 2.13. The van der Waals surface area contributed by atoms with Crippen molar-refractivity contribution in [1.82, 2.24) is 0 Å². The second-order valence-corrected chi connectivity index (χ2v) is 4.28. The van der Waals surface area contributed by atoms with Crippen molar-refractivity contribution in [2.75, 3.05) is 0 Å². The van der Waals surface area contributed by atoms with Gasteiger partial charge in [-0.05, 0) is 55.4 Å². The average Bonchev–Trinajstić information content (AvgIpc) is 2.94. The van der Waals surface area contributed by atoms with Gasteiger partial charge < -0.3 is 5.73 Å². The minimum absolute atomic E-state index is 0.159. The van der Waals surface area contributed by atoms with E-state index in [2.05, 4.69) is 0 Å². The molecule has 0 saturated heterocycles. The van der Waals surface area contributed by atoms with Crippen molar-refractivity contribution in [3.05, 3.63) is 35.1 Å². The fraction of sp³-hybridized carbons (Fsp3) is 0.500. The first kappa shape index (κ1) is 9.66. The lowest BCUT2D eigenvalue weighted by atomic mass is 9.99. The Balaban J connectivity index is 2.10. The molecule has 1 nitrogen and oxygen atoms in total. The zero-order chi connectivity index (χ0) is 10.1. The molecule has 0 spiro atoms. The smallest absolute Gasteiger partial charge is 0.123 e. The summed E-state index contributed by atoms with van der Waals surface area (Å²) in [6, 6.07) is 5.15. The van der Waals surface area contributed by atoms with Crippen LogP contribution in [0.3, 0.4) is 0 Å². The van der Waals surface area contributed by atoms with Gasteiger partial charge in [-0.1, -0.05) is 6.07 Å². The molecule has 1 aromatic rings. The number of rotatable bonds is 3. The highest BCUT2D eigenvalue weighted by molar-refractivity contribution is 5.27. The van der Waals surface area contributed by atoms with E-state index in [1.807, 2.05) is 13.0 Å². The molecule has 0 aliphatic heterocycles. The molecular formula is C12H16FN. The zero-order valence-corrected chi connectivity index (χ0v) is 8.46. The van der Waals surface area contributed by atoms with E-state index in [0.29, 0.717) is 5.92 Å². The van der Waals surface area contributed by atoms with Crippen molar-refractivity contribution in [1.29, 1.82) is 0 Å². The van der Waals surface area contributed by atoms with E-state index in [9.17, 15) is 4.39 Å². The molecule has 14 heavy (non-hydrogen) atoms. The fourth-order valence-electron chi connectivity index (χ4n) is 1.80. The summed E-state index contributed by atoms with van der Waals surface area (Å²) in [5, 5.41) is 0. The largest absolute Gasteiger partial charge is 0.327 e. The summed E-state index contributed by atoms with van der Waals surface area (Å²) >= 11 is 0. The molecule has 0 heterocycles. The molecule has 2 heteroatoms. The monoisotopic (exact) mass is 193 g/mol. The summed E-state index contributed by atoms with van der Waals surface area (Å²) in [6.07, 6.45) is 3.30. The van der Waals surface area contributed by atoms with Gasteiger partial charge in [0.25, 0.3) is 0 Å². The summed E-state index contributed by atoms with van der Waals surface area (Å²) in [5.41, 5.74) is 8.21. The average molecular weight is 193 g/mol. The number of nitrogens with two attached hydrogens (primary N) is 1. The molecule has 0 aromatic heterocycles. The van der Waals surface area contributed by atoms with Crippen LogP contribution in [-0.4, -0.2) is 6.04 Å². The number of aryl methyl sites for hydroxylation is 1. The van der Waals surface area contributed by atoms with Crippen molar-refractivity contribution in [2.45, 2.75) is 32.2 Å². The van der Waals surface area contributed by atoms with E-state index >= 15 is 0 Å². The Hall–Kier alpha value is -0.890. The maximum atomic E-state index is 13.0. The van der Waals surface area contributed by atoms with Gasteiger partial charge in [0.15, 0.2) is 0 Å². The Kier molecular flexibility index (Phi) is 2.55. The highest BCUT2D eigenvalue weighted by Crippen LogP contribution is 2.33. The van der Waals surface area contributed by atoms with Crippen LogP contribution in [0.1, 0.15) is 24.0 Å². The summed E-state index contributed by atoms with van der Waals surface area (Å²) < 4.78 is 13.0. The van der Waals surface area contributed by atoms with Crippen LogP contribution in [0.2, 0.25) is 0 Å². The van der Waals surface area contributed by atoms with Crippen LogP contribution in [0.25, 0.3) is 0 Å². The molecule has 0 amide bonds. The Bertz CT molecular complexity index is 331. The molecule has 1 aliphatic rings. The summed E-state index contributed by atoms with van der Waals surface area (Å²) in [5.74, 6) is 0.520. The van der Waals surface area contributed by atoms with Gasteiger partial charge in [0.05, 0.1) is 0 Å². The van der Waals surface area contributed by atoms with Crippen molar-refractivity contribution in [2.24, 2.45) is 11.7 Å². The predicted octanol–water partition coefficient (Wildman–Crippen LogP) is 2.41. The molecule has 2 rings (SSSR count). The third-order valence-corrected chi connectivity index (χ3v) is 2.99. The van der Waals surface area contributed by atoms with E-state index < -0.39 is 0 Å². The number of hydrogen-bond acceptors (Lipinski definition) is 1. The molecule has 1 fully saturated rings. The molecular weight excluding hydrogens is 177 g/mol. The Morgan fingerprint density at radius 3 is 2.86 bits per heavy atom. The maximum absolute atomic E-state index is 13.0. The summed E-state index contributed by atoms with van der Waals surface area (Å²) in [6.45, 7) is 2.01. The van der Waals surface area contributed by atoms with Gasteiger partial charge in [-0.25, -0.2) is 4.39 Å². The SMILES string of the molecule is Cc1ccc(F)cc1CC(N)C1CC1. The van der Waals surface area contributed by atoms with Gasteiger partial charge in [-0.2, -0.15) is 0 Å². The molecule has 1 saturated carbocycles. The number of halogens is 1. The molecule has 0 bridgehead atoms. The van der Waals surface area contributed by atoms with E-state index in [1.54, 1.807) is 6.07 Å². The minimum atomic E-state index is -0.159. The van der Waals surface area contributed by atoms with Crippen LogP contribution < -0.4 is 5.73 Å². The Morgan fingerprint density at radius 2 is 2.21 bits per heavy atom. The van der Waals surface area contributed by atoms with Gasteiger partial charge in [0, 0.05) is 6.04 Å². The molecule has 1 aromatic carbocycles. The molecule has 76 valence electrons. The predicted molar refractivity (Wildman–Crippen MR) is 55.5 cm³/mol. The third-order valence-electron chi connectivity index (χ3n) is 2.99. The first-order valence-corrected chi connectivity index (χ1v) is 5.17. The van der Waals surface area contributed by atoms with Crippen LogP contribution in [0.5, 0.6) is 0 Å². The highest BCUT2D eigenvalue weighted by Gasteiger charge is 2.28. The minimum Gasteiger partial charge on any atom is -0.327 e. The lowest BCUT2D eigenvalue weighted by Gasteiger charge is -2.12. The van der Waals surface area contributed by atoms with E-state index in [0.717, 1.165) is 17.5 Å². The molecule has 2 N–H and O–H groups in total. The second-order valence-electron chi connectivity index (χ2n) is 4.28. The van der Waals surface area contributed by atoms with Gasteiger partial charge >= 0.3 is 0 Å². The van der Waals surface area contributed by atoms with Gasteiger partial charge in [0.2, 0.25) is 0 Å². The first-order valence-electron chi connectivity index (χ1n) is 5.17. The Labute approximate surface area is 84.1 Å². The van der Waals surface area contributed by atoms with Crippen LogP contribution in [0, 0.1) is 18.7 Å². The van der Waals surface area contributed by atoms with Gasteiger partial charge in [-0.15, -0.1) is 0 Å². The molecule has 1 unspecified atom stereocenters. The second kappa shape index (κ2) is 3.70. The lowest BCUT2D eigenvalue weighted by molar-refractivity contribution is 0.582. The van der Waals surface area contributed by atoms with Crippen LogP contribution >= 0.6 is 0 Å². The van der Waals surface area contributed by atoms with Crippen molar-refractivity contribution in [3.8, 4) is 0 Å². The quantitative estimate of drug-likeness (QED) is 0.783. The van der Waals surface area contributed by atoms with E-state index in [-0.39, 0.29) is 11.9 Å². The van der Waals surface area contributed by atoms with Crippen molar-refractivity contribution >= 4 is 0 Å². The first-order chi connectivity index (χ1) is 6.66. The van der Waals surface area contributed by atoms with Crippen molar-refractivity contribution < 1.29 is 4.39 Å². The Morgan fingerprint density at radius 1 is 1.50 bits per heavy atom. The lowest BCUT2D eigenvalue weighted by Crippen LogP contribution is -2.25. The van der Waals surface area contributed by atoms with E-state index in [4.69, 9.17) is 5.73 Å². The molecule has 0 radical (unpaired) electrons. The normalized spacial score (nSPS) is 18.2. The van der Waals surface area contributed by atoms with Gasteiger partial charge in [-0.3, -0.25) is 0 Å². The standard InChI is InChI=1S/C12H16FN/c1-8-2-5-11(13)6-10(8)7-12(14)9-3-4-9/h2,5-6,9,12H,3-4,7,14H2,1H3. The van der Waals surface area contributed by atoms with Crippen LogP contribution in [0.15, 0.2) is 18.2 Å².